The fourth-order valence-electron chi connectivity index (χ4n) is 0.561. The standard InChI is InChI=1S/C8H14N2O3/c1-8(2,7(9)13)10-5-3-4-6(11)12/h3-4,10H,5H2,1-2H3,(H2,9,13)(H,11,12)/b4-3+. The molecule has 0 fully saturated rings. The Balaban J connectivity index is 3.89. The summed E-state index contributed by atoms with van der Waals surface area (Å²) in [4.78, 5) is 20.8. The maximum Gasteiger partial charge on any atom is 0.328 e. The molecule has 1 amide bonds. The number of nitrogens with one attached hydrogen (secondary N) is 1. The summed E-state index contributed by atoms with van der Waals surface area (Å²) >= 11 is 0. The van der Waals surface area contributed by atoms with Gasteiger partial charge >= 0.3 is 5.97 Å². The number of carbonyl (C=O) groups is 2. The highest BCUT2D eigenvalue weighted by atomic mass is 16.4. The molecule has 74 valence electrons. The predicted molar refractivity (Wildman–Crippen MR) is 48.1 cm³/mol. The van der Waals surface area contributed by atoms with Crippen LogP contribution in [-0.2, 0) is 9.59 Å². The van der Waals surface area contributed by atoms with Crippen LogP contribution < -0.4 is 11.1 Å². The number of primary amides is 1. The first kappa shape index (κ1) is 11.6. The van der Waals surface area contributed by atoms with Gasteiger partial charge in [-0.15, -0.1) is 0 Å². The van der Waals surface area contributed by atoms with Crippen molar-refractivity contribution in [2.75, 3.05) is 6.54 Å². The Kier molecular flexibility index (Phi) is 4.13. The minimum Gasteiger partial charge on any atom is -0.478 e. The Morgan fingerprint density at radius 2 is 2.08 bits per heavy atom. The van der Waals surface area contributed by atoms with Crippen LogP contribution in [0.1, 0.15) is 13.8 Å². The summed E-state index contributed by atoms with van der Waals surface area (Å²) in [6.07, 6.45) is 2.41. The minimum absolute atomic E-state index is 0.294. The summed E-state index contributed by atoms with van der Waals surface area (Å²) in [6.45, 7) is 3.55. The molecule has 0 bridgehead atoms. The molecule has 0 aromatic heterocycles. The van der Waals surface area contributed by atoms with Crippen molar-refractivity contribution in [3.8, 4) is 0 Å². The molecule has 0 aliphatic carbocycles. The van der Waals surface area contributed by atoms with E-state index in [2.05, 4.69) is 5.32 Å². The van der Waals surface area contributed by atoms with Crippen LogP contribution in [0.25, 0.3) is 0 Å². The molecule has 0 radical (unpaired) electrons. The van der Waals surface area contributed by atoms with E-state index in [-0.39, 0.29) is 0 Å². The van der Waals surface area contributed by atoms with Crippen molar-refractivity contribution < 1.29 is 14.7 Å². The summed E-state index contributed by atoms with van der Waals surface area (Å²) < 4.78 is 0. The molecule has 5 nitrogen and oxygen atoms in total. The number of rotatable bonds is 5. The topological polar surface area (TPSA) is 92.4 Å². The number of nitrogens with two attached hydrogens (primary N) is 1. The van der Waals surface area contributed by atoms with Gasteiger partial charge in [-0.25, -0.2) is 4.79 Å². The summed E-state index contributed by atoms with van der Waals surface area (Å²) in [5.74, 6) is -1.49. The number of hydrogen-bond donors (Lipinski definition) is 3. The van der Waals surface area contributed by atoms with E-state index in [9.17, 15) is 9.59 Å². The van der Waals surface area contributed by atoms with E-state index in [1.807, 2.05) is 0 Å². The van der Waals surface area contributed by atoms with Crippen LogP contribution in [0, 0.1) is 0 Å². The summed E-state index contributed by atoms with van der Waals surface area (Å²) in [5, 5.41) is 11.0. The van der Waals surface area contributed by atoms with Crippen molar-refractivity contribution in [3.05, 3.63) is 12.2 Å². The molecular formula is C8H14N2O3. The van der Waals surface area contributed by atoms with E-state index in [1.165, 1.54) is 6.08 Å². The van der Waals surface area contributed by atoms with Crippen molar-refractivity contribution in [1.82, 2.24) is 5.32 Å². The Bertz CT molecular complexity index is 234. The lowest BCUT2D eigenvalue weighted by atomic mass is 10.1. The summed E-state index contributed by atoms with van der Waals surface area (Å²) in [6, 6.07) is 0. The summed E-state index contributed by atoms with van der Waals surface area (Å²) in [5.41, 5.74) is 4.25. The third-order valence-corrected chi connectivity index (χ3v) is 1.54. The molecule has 0 rings (SSSR count). The van der Waals surface area contributed by atoms with Gasteiger partial charge in [0, 0.05) is 12.6 Å². The maximum atomic E-state index is 10.8. The molecule has 0 aliphatic rings. The van der Waals surface area contributed by atoms with E-state index in [4.69, 9.17) is 10.8 Å². The monoisotopic (exact) mass is 186 g/mol. The second kappa shape index (κ2) is 4.61. The van der Waals surface area contributed by atoms with E-state index in [1.54, 1.807) is 13.8 Å². The molecule has 5 heteroatoms. The quantitative estimate of drug-likeness (QED) is 0.504. The van der Waals surface area contributed by atoms with Gasteiger partial charge in [-0.05, 0) is 13.8 Å². The number of carbonyl (C=O) groups excluding carboxylic acids is 1. The number of carboxylic acid groups (broad SMARTS) is 1. The van der Waals surface area contributed by atoms with Gasteiger partial charge in [0.05, 0.1) is 5.54 Å². The lowest BCUT2D eigenvalue weighted by Gasteiger charge is -2.20. The third-order valence-electron chi connectivity index (χ3n) is 1.54. The molecule has 0 aliphatic heterocycles. The van der Waals surface area contributed by atoms with Crippen molar-refractivity contribution in [1.29, 1.82) is 0 Å². The van der Waals surface area contributed by atoms with Gasteiger partial charge in [-0.3, -0.25) is 4.79 Å². The zero-order valence-corrected chi connectivity index (χ0v) is 7.70. The average Bonchev–Trinajstić information content (AvgIpc) is 1.97. The fraction of sp³-hybridized carbons (Fsp3) is 0.500. The third kappa shape index (κ3) is 4.97. The lowest BCUT2D eigenvalue weighted by molar-refractivity contribution is -0.131. The van der Waals surface area contributed by atoms with Gasteiger partial charge in [0.25, 0.3) is 0 Å². The molecule has 4 N–H and O–H groups in total. The van der Waals surface area contributed by atoms with Crippen LogP contribution in [0.15, 0.2) is 12.2 Å². The molecule has 0 spiro atoms. The zero-order chi connectivity index (χ0) is 10.5. The Labute approximate surface area is 76.6 Å². The van der Waals surface area contributed by atoms with Gasteiger partial charge in [0.1, 0.15) is 0 Å². The Hall–Kier alpha value is -1.36. The van der Waals surface area contributed by atoms with Crippen LogP contribution in [0.5, 0.6) is 0 Å². The van der Waals surface area contributed by atoms with E-state index < -0.39 is 17.4 Å². The second-order valence-corrected chi connectivity index (χ2v) is 3.11. The highest BCUT2D eigenvalue weighted by Gasteiger charge is 2.22. The van der Waals surface area contributed by atoms with E-state index in [0.717, 1.165) is 6.08 Å². The first-order chi connectivity index (χ1) is 5.86. The molecule has 0 unspecified atom stereocenters. The van der Waals surface area contributed by atoms with Gasteiger partial charge in [-0.2, -0.15) is 0 Å². The normalized spacial score (nSPS) is 11.8. The number of amides is 1. The number of aliphatic carboxylic acids is 1. The summed E-state index contributed by atoms with van der Waals surface area (Å²) in [7, 11) is 0. The van der Waals surface area contributed by atoms with Crippen LogP contribution >= 0.6 is 0 Å². The lowest BCUT2D eigenvalue weighted by Crippen LogP contribution is -2.50. The van der Waals surface area contributed by atoms with Crippen molar-refractivity contribution in [2.24, 2.45) is 5.73 Å². The largest absolute Gasteiger partial charge is 0.478 e. The van der Waals surface area contributed by atoms with E-state index in [0.29, 0.717) is 6.54 Å². The molecule has 0 heterocycles. The van der Waals surface area contributed by atoms with E-state index >= 15 is 0 Å². The number of carboxylic acids is 1. The van der Waals surface area contributed by atoms with Crippen molar-refractivity contribution in [2.45, 2.75) is 19.4 Å². The van der Waals surface area contributed by atoms with Crippen molar-refractivity contribution >= 4 is 11.9 Å². The van der Waals surface area contributed by atoms with Gasteiger partial charge in [0.15, 0.2) is 0 Å². The smallest absolute Gasteiger partial charge is 0.328 e. The Morgan fingerprint density at radius 1 is 1.54 bits per heavy atom. The molecule has 0 aromatic carbocycles. The van der Waals surface area contributed by atoms with Gasteiger partial charge < -0.3 is 16.2 Å². The molecule has 13 heavy (non-hydrogen) atoms. The highest BCUT2D eigenvalue weighted by Crippen LogP contribution is 1.98. The average molecular weight is 186 g/mol. The predicted octanol–water partition coefficient (Wildman–Crippen LogP) is -0.519. The Morgan fingerprint density at radius 3 is 2.46 bits per heavy atom. The number of hydrogen-bond acceptors (Lipinski definition) is 3. The molecule has 0 atom stereocenters. The second-order valence-electron chi connectivity index (χ2n) is 3.11. The molecule has 0 aromatic rings. The fourth-order valence-corrected chi connectivity index (χ4v) is 0.561. The minimum atomic E-state index is -1.02. The zero-order valence-electron chi connectivity index (χ0n) is 7.70. The van der Waals surface area contributed by atoms with Crippen molar-refractivity contribution in [3.63, 3.8) is 0 Å². The maximum absolute atomic E-state index is 10.8. The van der Waals surface area contributed by atoms with Gasteiger partial charge in [0.2, 0.25) is 5.91 Å². The molecule has 0 saturated heterocycles. The SMILES string of the molecule is CC(C)(NC/C=C/C(=O)O)C(N)=O. The van der Waals surface area contributed by atoms with Crippen LogP contribution in [-0.4, -0.2) is 29.1 Å². The van der Waals surface area contributed by atoms with Crippen LogP contribution in [0.3, 0.4) is 0 Å². The molecular weight excluding hydrogens is 172 g/mol. The highest BCUT2D eigenvalue weighted by molar-refractivity contribution is 5.83. The van der Waals surface area contributed by atoms with Crippen LogP contribution in [0.2, 0.25) is 0 Å². The molecule has 0 saturated carbocycles. The van der Waals surface area contributed by atoms with Crippen LogP contribution in [0.4, 0.5) is 0 Å². The van der Waals surface area contributed by atoms with Gasteiger partial charge in [-0.1, -0.05) is 6.08 Å². The first-order valence-corrected chi connectivity index (χ1v) is 3.80. The first-order valence-electron chi connectivity index (χ1n) is 3.80.